The fourth-order valence-corrected chi connectivity index (χ4v) is 2.60. The lowest BCUT2D eigenvalue weighted by atomic mass is 10.1. The Labute approximate surface area is 107 Å². The smallest absolute Gasteiger partial charge is 0.260 e. The van der Waals surface area contributed by atoms with Gasteiger partial charge in [-0.15, -0.1) is 0 Å². The monoisotopic (exact) mass is 298 g/mol. The Bertz CT molecular complexity index is 459. The van der Waals surface area contributed by atoms with Gasteiger partial charge in [-0.1, -0.05) is 15.9 Å². The summed E-state index contributed by atoms with van der Waals surface area (Å²) in [5, 5.41) is 0.653. The molecule has 0 aliphatic rings. The Kier molecular flexibility index (Phi) is 4.04. The van der Waals surface area contributed by atoms with Crippen molar-refractivity contribution in [2.75, 3.05) is 6.54 Å². The van der Waals surface area contributed by atoms with Crippen LogP contribution in [-0.4, -0.2) is 11.5 Å². The van der Waals surface area contributed by atoms with Crippen molar-refractivity contribution in [3.8, 4) is 0 Å². The molecule has 1 aromatic heterocycles. The van der Waals surface area contributed by atoms with Crippen molar-refractivity contribution in [1.82, 2.24) is 4.98 Å². The van der Waals surface area contributed by atoms with E-state index in [4.69, 9.17) is 10.2 Å². The van der Waals surface area contributed by atoms with Gasteiger partial charge in [-0.3, -0.25) is 0 Å². The Morgan fingerprint density at radius 1 is 1.44 bits per heavy atom. The summed E-state index contributed by atoms with van der Waals surface area (Å²) in [6.45, 7) is 0.635. The maximum Gasteiger partial charge on any atom is 0.260 e. The van der Waals surface area contributed by atoms with E-state index in [0.717, 1.165) is 15.8 Å². The summed E-state index contributed by atoms with van der Waals surface area (Å²) in [7, 11) is 0. The molecule has 0 radical (unpaired) electrons. The number of oxazole rings is 1. The van der Waals surface area contributed by atoms with E-state index in [2.05, 4.69) is 27.0 Å². The second kappa shape index (κ2) is 5.52. The topological polar surface area (TPSA) is 52.0 Å². The van der Waals surface area contributed by atoms with Crippen LogP contribution in [0.3, 0.4) is 0 Å². The second-order valence-corrected chi connectivity index (χ2v) is 5.10. The number of benzene rings is 1. The van der Waals surface area contributed by atoms with E-state index in [0.29, 0.717) is 11.8 Å². The molecular formula is C11H11BrN2OS. The third kappa shape index (κ3) is 2.87. The summed E-state index contributed by atoms with van der Waals surface area (Å²) in [6, 6.07) is 6.13. The van der Waals surface area contributed by atoms with Crippen LogP contribution in [0.15, 0.2) is 49.7 Å². The minimum absolute atomic E-state index is 0.635. The summed E-state index contributed by atoms with van der Waals surface area (Å²) < 4.78 is 6.27. The number of hydrogen-bond acceptors (Lipinski definition) is 4. The van der Waals surface area contributed by atoms with Crippen LogP contribution in [0.5, 0.6) is 0 Å². The van der Waals surface area contributed by atoms with Gasteiger partial charge in [0.1, 0.15) is 6.26 Å². The molecule has 1 aromatic carbocycles. The molecule has 0 spiro atoms. The van der Waals surface area contributed by atoms with Crippen LogP contribution >= 0.6 is 27.7 Å². The Morgan fingerprint density at radius 2 is 2.31 bits per heavy atom. The molecule has 84 valence electrons. The van der Waals surface area contributed by atoms with Crippen LogP contribution in [-0.2, 0) is 6.42 Å². The average molecular weight is 299 g/mol. The molecule has 2 N–H and O–H groups in total. The number of aromatic nitrogens is 1. The molecule has 0 bridgehead atoms. The minimum atomic E-state index is 0.635. The quantitative estimate of drug-likeness (QED) is 0.942. The molecule has 0 atom stereocenters. The minimum Gasteiger partial charge on any atom is -0.440 e. The van der Waals surface area contributed by atoms with Gasteiger partial charge in [0.15, 0.2) is 0 Å². The molecule has 0 saturated carbocycles. The third-order valence-corrected chi connectivity index (χ3v) is 3.53. The van der Waals surface area contributed by atoms with Crippen molar-refractivity contribution < 1.29 is 4.42 Å². The first-order valence-electron chi connectivity index (χ1n) is 4.85. The lowest BCUT2D eigenvalue weighted by Crippen LogP contribution is -2.03. The van der Waals surface area contributed by atoms with E-state index in [9.17, 15) is 0 Å². The average Bonchev–Trinajstić information content (AvgIpc) is 2.75. The van der Waals surface area contributed by atoms with E-state index in [-0.39, 0.29) is 0 Å². The van der Waals surface area contributed by atoms with Gasteiger partial charge < -0.3 is 10.2 Å². The van der Waals surface area contributed by atoms with E-state index in [1.165, 1.54) is 17.3 Å². The van der Waals surface area contributed by atoms with Crippen LogP contribution in [0.25, 0.3) is 0 Å². The van der Waals surface area contributed by atoms with Crippen molar-refractivity contribution >= 4 is 27.7 Å². The third-order valence-electron chi connectivity index (χ3n) is 2.04. The molecule has 0 amide bonds. The molecule has 0 aliphatic heterocycles. The van der Waals surface area contributed by atoms with Crippen LogP contribution < -0.4 is 5.73 Å². The normalized spacial score (nSPS) is 10.6. The van der Waals surface area contributed by atoms with Crippen molar-refractivity contribution in [3.63, 3.8) is 0 Å². The van der Waals surface area contributed by atoms with Gasteiger partial charge in [0, 0.05) is 9.37 Å². The van der Waals surface area contributed by atoms with Crippen LogP contribution in [0.2, 0.25) is 0 Å². The summed E-state index contributed by atoms with van der Waals surface area (Å²) in [5.74, 6) is 0. The first-order valence-corrected chi connectivity index (χ1v) is 6.46. The Morgan fingerprint density at radius 3 is 3.00 bits per heavy atom. The lowest BCUT2D eigenvalue weighted by Gasteiger charge is -2.06. The van der Waals surface area contributed by atoms with Gasteiger partial charge in [0.05, 0.1) is 6.20 Å². The molecular weight excluding hydrogens is 288 g/mol. The van der Waals surface area contributed by atoms with E-state index in [1.54, 1.807) is 12.5 Å². The molecule has 0 saturated heterocycles. The number of rotatable bonds is 4. The molecule has 0 fully saturated rings. The highest BCUT2D eigenvalue weighted by Crippen LogP contribution is 2.31. The van der Waals surface area contributed by atoms with Crippen molar-refractivity contribution in [3.05, 3.63) is 40.7 Å². The van der Waals surface area contributed by atoms with E-state index >= 15 is 0 Å². The van der Waals surface area contributed by atoms with Gasteiger partial charge in [0.2, 0.25) is 0 Å². The predicted molar refractivity (Wildman–Crippen MR) is 67.5 cm³/mol. The summed E-state index contributed by atoms with van der Waals surface area (Å²) in [5.41, 5.74) is 6.80. The van der Waals surface area contributed by atoms with Gasteiger partial charge in [-0.25, -0.2) is 4.98 Å². The maximum absolute atomic E-state index is 5.59. The van der Waals surface area contributed by atoms with Crippen LogP contribution in [0.4, 0.5) is 0 Å². The van der Waals surface area contributed by atoms with Gasteiger partial charge in [-0.2, -0.15) is 0 Å². The number of hydrogen-bond donors (Lipinski definition) is 1. The van der Waals surface area contributed by atoms with Crippen molar-refractivity contribution in [1.29, 1.82) is 0 Å². The predicted octanol–water partition coefficient (Wildman–Crippen LogP) is 3.09. The van der Waals surface area contributed by atoms with E-state index < -0.39 is 0 Å². The molecule has 1 heterocycles. The highest BCUT2D eigenvalue weighted by atomic mass is 79.9. The van der Waals surface area contributed by atoms with Gasteiger partial charge in [-0.05, 0) is 48.5 Å². The van der Waals surface area contributed by atoms with Crippen molar-refractivity contribution in [2.24, 2.45) is 5.73 Å². The van der Waals surface area contributed by atoms with Crippen LogP contribution in [0.1, 0.15) is 5.56 Å². The molecule has 2 rings (SSSR count). The maximum atomic E-state index is 5.59. The zero-order chi connectivity index (χ0) is 11.4. The molecule has 3 nitrogen and oxygen atoms in total. The highest BCUT2D eigenvalue weighted by molar-refractivity contribution is 9.10. The van der Waals surface area contributed by atoms with Gasteiger partial charge >= 0.3 is 0 Å². The fraction of sp³-hybridized carbons (Fsp3) is 0.182. The van der Waals surface area contributed by atoms with Crippen molar-refractivity contribution in [2.45, 2.75) is 16.5 Å². The second-order valence-electron chi connectivity index (χ2n) is 3.19. The number of nitrogens with zero attached hydrogens (tertiary/aromatic N) is 1. The lowest BCUT2D eigenvalue weighted by molar-refractivity contribution is 0.454. The standard InChI is InChI=1S/C11H11BrN2OS/c12-9-1-2-10(8(7-9)3-4-13)16-11-14-5-6-15-11/h1-2,5-7H,3-4,13H2. The summed E-state index contributed by atoms with van der Waals surface area (Å²) >= 11 is 4.97. The first kappa shape index (κ1) is 11.7. The molecule has 0 aliphatic carbocycles. The van der Waals surface area contributed by atoms with E-state index in [1.807, 2.05) is 12.1 Å². The highest BCUT2D eigenvalue weighted by Gasteiger charge is 2.07. The fourth-order valence-electron chi connectivity index (χ4n) is 1.35. The molecule has 2 aromatic rings. The summed E-state index contributed by atoms with van der Waals surface area (Å²) in [4.78, 5) is 5.22. The number of nitrogens with two attached hydrogens (primary N) is 1. The SMILES string of the molecule is NCCc1cc(Br)ccc1Sc1ncco1. The molecule has 16 heavy (non-hydrogen) atoms. The largest absolute Gasteiger partial charge is 0.440 e. The Balaban J connectivity index is 2.25. The van der Waals surface area contributed by atoms with Gasteiger partial charge in [0.25, 0.3) is 5.22 Å². The molecule has 0 unspecified atom stereocenters. The summed E-state index contributed by atoms with van der Waals surface area (Å²) in [6.07, 6.45) is 4.07. The zero-order valence-corrected chi connectivity index (χ0v) is 10.9. The zero-order valence-electron chi connectivity index (χ0n) is 8.52. The Hall–Kier alpha value is -0.780. The van der Waals surface area contributed by atoms with Crippen LogP contribution in [0, 0.1) is 0 Å². The first-order chi connectivity index (χ1) is 7.79. The molecule has 5 heteroatoms. The number of halogens is 1.